The first-order chi connectivity index (χ1) is 12.7. The van der Waals surface area contributed by atoms with E-state index in [-0.39, 0.29) is 24.0 Å². The molecule has 0 aliphatic heterocycles. The Balaban J connectivity index is 0.00000364. The van der Waals surface area contributed by atoms with Gasteiger partial charge in [-0.05, 0) is 47.9 Å². The van der Waals surface area contributed by atoms with Gasteiger partial charge in [-0.1, -0.05) is 12.1 Å². The van der Waals surface area contributed by atoms with E-state index in [0.29, 0.717) is 6.54 Å². The number of nitrogens with zero attached hydrogens (tertiary/aromatic N) is 1. The number of guanidine groups is 1. The van der Waals surface area contributed by atoms with Gasteiger partial charge in [0, 0.05) is 20.1 Å². The van der Waals surface area contributed by atoms with Crippen LogP contribution in [-0.2, 0) is 13.0 Å². The molecule has 0 fully saturated rings. The van der Waals surface area contributed by atoms with Gasteiger partial charge in [0.2, 0.25) is 0 Å². The average molecular weight is 485 g/mol. The molecule has 0 bridgehead atoms. The summed E-state index contributed by atoms with van der Waals surface area (Å²) in [6.45, 7) is 1.39. The van der Waals surface area contributed by atoms with Crippen molar-refractivity contribution in [1.82, 2.24) is 10.6 Å². The zero-order valence-corrected chi connectivity index (χ0v) is 18.6. The van der Waals surface area contributed by atoms with Gasteiger partial charge in [0.25, 0.3) is 0 Å². The fourth-order valence-electron chi connectivity index (χ4n) is 2.58. The van der Waals surface area contributed by atoms with Crippen LogP contribution in [0.3, 0.4) is 0 Å². The SMILES string of the molecule is CN=C(NCCc1cc(OC)ccc1OC)NCc1cccc(OC)c1.I. The Kier molecular flexibility index (Phi) is 10.4. The summed E-state index contributed by atoms with van der Waals surface area (Å²) in [4.78, 5) is 4.26. The molecule has 0 spiro atoms. The minimum absolute atomic E-state index is 0. The number of aliphatic imine (C=N–C) groups is 1. The first-order valence-electron chi connectivity index (χ1n) is 8.48. The van der Waals surface area contributed by atoms with Crippen LogP contribution in [0.15, 0.2) is 47.5 Å². The van der Waals surface area contributed by atoms with Gasteiger partial charge in [-0.15, -0.1) is 24.0 Å². The summed E-state index contributed by atoms with van der Waals surface area (Å²) in [5, 5.41) is 6.62. The molecule has 7 heteroatoms. The van der Waals surface area contributed by atoms with Gasteiger partial charge in [0.15, 0.2) is 5.96 Å². The lowest BCUT2D eigenvalue weighted by molar-refractivity contribution is 0.398. The number of benzene rings is 2. The van der Waals surface area contributed by atoms with E-state index in [1.165, 1.54) is 0 Å². The fraction of sp³-hybridized carbons (Fsp3) is 0.350. The molecular formula is C20H28IN3O3. The Morgan fingerprint density at radius 3 is 2.33 bits per heavy atom. The first-order valence-corrected chi connectivity index (χ1v) is 8.48. The molecule has 0 saturated carbocycles. The van der Waals surface area contributed by atoms with E-state index < -0.39 is 0 Å². The Morgan fingerprint density at radius 2 is 1.67 bits per heavy atom. The van der Waals surface area contributed by atoms with Gasteiger partial charge < -0.3 is 24.8 Å². The number of methoxy groups -OCH3 is 3. The van der Waals surface area contributed by atoms with E-state index in [1.54, 1.807) is 28.4 Å². The minimum Gasteiger partial charge on any atom is -0.497 e. The van der Waals surface area contributed by atoms with Crippen LogP contribution in [-0.4, -0.2) is 40.9 Å². The maximum Gasteiger partial charge on any atom is 0.191 e. The fourth-order valence-corrected chi connectivity index (χ4v) is 2.58. The quantitative estimate of drug-likeness (QED) is 0.342. The highest BCUT2D eigenvalue weighted by Crippen LogP contribution is 2.24. The van der Waals surface area contributed by atoms with Crippen LogP contribution in [0, 0.1) is 0 Å². The standard InChI is InChI=1S/C20H27N3O3.HI/c1-21-20(23-14-15-6-5-7-17(12-15)24-2)22-11-10-16-13-18(25-3)8-9-19(16)26-4;/h5-9,12-13H,10-11,14H2,1-4H3,(H2,21,22,23);1H. The van der Waals surface area contributed by atoms with E-state index in [0.717, 1.165) is 47.3 Å². The van der Waals surface area contributed by atoms with Crippen LogP contribution in [0.5, 0.6) is 17.2 Å². The summed E-state index contributed by atoms with van der Waals surface area (Å²) in [5.74, 6) is 3.26. The number of halogens is 1. The van der Waals surface area contributed by atoms with Crippen molar-refractivity contribution in [2.24, 2.45) is 4.99 Å². The summed E-state index contributed by atoms with van der Waals surface area (Å²) in [6.07, 6.45) is 0.792. The normalized spacial score (nSPS) is 10.6. The molecule has 27 heavy (non-hydrogen) atoms. The molecule has 2 N–H and O–H groups in total. The summed E-state index contributed by atoms with van der Waals surface area (Å²) >= 11 is 0. The third kappa shape index (κ3) is 7.16. The van der Waals surface area contributed by atoms with Crippen molar-refractivity contribution in [3.63, 3.8) is 0 Å². The average Bonchev–Trinajstić information content (AvgIpc) is 2.70. The molecule has 2 aromatic carbocycles. The van der Waals surface area contributed by atoms with E-state index in [4.69, 9.17) is 14.2 Å². The maximum absolute atomic E-state index is 5.41. The van der Waals surface area contributed by atoms with Crippen LogP contribution in [0.1, 0.15) is 11.1 Å². The van der Waals surface area contributed by atoms with Gasteiger partial charge in [0.1, 0.15) is 17.2 Å². The number of ether oxygens (including phenoxy) is 3. The van der Waals surface area contributed by atoms with Crippen LogP contribution >= 0.6 is 24.0 Å². The van der Waals surface area contributed by atoms with Crippen LogP contribution in [0.2, 0.25) is 0 Å². The second-order valence-corrected chi connectivity index (χ2v) is 5.63. The maximum atomic E-state index is 5.41. The Bertz CT molecular complexity index is 738. The lowest BCUT2D eigenvalue weighted by Crippen LogP contribution is -2.37. The van der Waals surface area contributed by atoms with Crippen molar-refractivity contribution in [1.29, 1.82) is 0 Å². The number of hydrogen-bond donors (Lipinski definition) is 2. The molecule has 0 radical (unpaired) electrons. The lowest BCUT2D eigenvalue weighted by Gasteiger charge is -2.14. The zero-order valence-electron chi connectivity index (χ0n) is 16.2. The molecule has 0 atom stereocenters. The predicted molar refractivity (Wildman–Crippen MR) is 120 cm³/mol. The molecule has 6 nitrogen and oxygen atoms in total. The van der Waals surface area contributed by atoms with Crippen LogP contribution in [0.25, 0.3) is 0 Å². The molecule has 148 valence electrons. The van der Waals surface area contributed by atoms with Gasteiger partial charge in [-0.3, -0.25) is 4.99 Å². The second-order valence-electron chi connectivity index (χ2n) is 5.63. The Labute approximate surface area is 178 Å². The summed E-state index contributed by atoms with van der Waals surface area (Å²) in [7, 11) is 6.76. The largest absolute Gasteiger partial charge is 0.497 e. The highest BCUT2D eigenvalue weighted by Gasteiger charge is 2.06. The smallest absolute Gasteiger partial charge is 0.191 e. The number of rotatable bonds is 8. The predicted octanol–water partition coefficient (Wildman–Crippen LogP) is 3.24. The summed E-state index contributed by atoms with van der Waals surface area (Å²) < 4.78 is 15.9. The first kappa shape index (κ1) is 22.9. The lowest BCUT2D eigenvalue weighted by atomic mass is 10.1. The van der Waals surface area contributed by atoms with E-state index in [1.807, 2.05) is 42.5 Å². The molecule has 0 heterocycles. The van der Waals surface area contributed by atoms with Gasteiger partial charge in [0.05, 0.1) is 21.3 Å². The Hall–Kier alpha value is -2.16. The highest BCUT2D eigenvalue weighted by molar-refractivity contribution is 14.0. The molecule has 0 saturated heterocycles. The highest BCUT2D eigenvalue weighted by atomic mass is 127. The molecular weight excluding hydrogens is 457 g/mol. The molecule has 0 unspecified atom stereocenters. The zero-order chi connectivity index (χ0) is 18.8. The van der Waals surface area contributed by atoms with Crippen molar-refractivity contribution in [2.45, 2.75) is 13.0 Å². The molecule has 2 rings (SSSR count). The summed E-state index contributed by atoms with van der Waals surface area (Å²) in [5.41, 5.74) is 2.21. The van der Waals surface area contributed by atoms with Crippen LogP contribution < -0.4 is 24.8 Å². The van der Waals surface area contributed by atoms with Crippen molar-refractivity contribution >= 4 is 29.9 Å². The number of hydrogen-bond acceptors (Lipinski definition) is 4. The molecule has 0 aliphatic carbocycles. The minimum atomic E-state index is 0. The van der Waals surface area contributed by atoms with E-state index in [2.05, 4.69) is 15.6 Å². The van der Waals surface area contributed by atoms with E-state index in [9.17, 15) is 0 Å². The Morgan fingerprint density at radius 1 is 0.926 bits per heavy atom. The van der Waals surface area contributed by atoms with Crippen molar-refractivity contribution in [3.05, 3.63) is 53.6 Å². The summed E-state index contributed by atoms with van der Waals surface area (Å²) in [6, 6.07) is 13.8. The van der Waals surface area contributed by atoms with Gasteiger partial charge in [-0.25, -0.2) is 0 Å². The number of nitrogens with one attached hydrogen (secondary N) is 2. The van der Waals surface area contributed by atoms with Crippen molar-refractivity contribution < 1.29 is 14.2 Å². The third-order valence-corrected chi connectivity index (χ3v) is 3.99. The molecule has 0 aromatic heterocycles. The molecule has 0 amide bonds. The van der Waals surface area contributed by atoms with Gasteiger partial charge >= 0.3 is 0 Å². The molecule has 2 aromatic rings. The van der Waals surface area contributed by atoms with Gasteiger partial charge in [-0.2, -0.15) is 0 Å². The third-order valence-electron chi connectivity index (χ3n) is 3.99. The van der Waals surface area contributed by atoms with Crippen LogP contribution in [0.4, 0.5) is 0 Å². The monoisotopic (exact) mass is 485 g/mol. The topological polar surface area (TPSA) is 64.1 Å². The van der Waals surface area contributed by atoms with E-state index >= 15 is 0 Å². The van der Waals surface area contributed by atoms with Crippen molar-refractivity contribution in [2.75, 3.05) is 34.9 Å². The second kappa shape index (κ2) is 12.3. The molecule has 0 aliphatic rings. The van der Waals surface area contributed by atoms with Crippen molar-refractivity contribution in [3.8, 4) is 17.2 Å².